The first-order chi connectivity index (χ1) is 12.1. The molecule has 1 amide bonds. The first-order valence-electron chi connectivity index (χ1n) is 8.92. The van der Waals surface area contributed by atoms with E-state index < -0.39 is 6.10 Å². The SMILES string of the molecule is Cc1ccc(C(=O)NCC2CCN(C[C@H](O)c3ccccc3)CC2)o1. The van der Waals surface area contributed by atoms with Crippen molar-refractivity contribution in [3.05, 3.63) is 59.5 Å². The molecule has 1 aliphatic rings. The Morgan fingerprint density at radius 3 is 2.60 bits per heavy atom. The van der Waals surface area contributed by atoms with Gasteiger partial charge in [-0.25, -0.2) is 0 Å². The largest absolute Gasteiger partial charge is 0.456 e. The van der Waals surface area contributed by atoms with Crippen LogP contribution in [0.4, 0.5) is 0 Å². The van der Waals surface area contributed by atoms with Crippen molar-refractivity contribution >= 4 is 5.91 Å². The predicted octanol–water partition coefficient (Wildman–Crippen LogP) is 2.76. The van der Waals surface area contributed by atoms with Crippen molar-refractivity contribution in [2.75, 3.05) is 26.2 Å². The fraction of sp³-hybridized carbons (Fsp3) is 0.450. The van der Waals surface area contributed by atoms with Crippen molar-refractivity contribution in [3.63, 3.8) is 0 Å². The maximum absolute atomic E-state index is 12.0. The Morgan fingerprint density at radius 2 is 1.96 bits per heavy atom. The number of β-amino-alcohol motifs (C(OH)–C–C–N with tert-alkyl or cyclic N) is 1. The smallest absolute Gasteiger partial charge is 0.287 e. The Morgan fingerprint density at radius 1 is 1.24 bits per heavy atom. The van der Waals surface area contributed by atoms with E-state index in [-0.39, 0.29) is 5.91 Å². The highest BCUT2D eigenvalue weighted by Crippen LogP contribution is 2.20. The zero-order chi connectivity index (χ0) is 17.6. The van der Waals surface area contributed by atoms with Crippen LogP contribution >= 0.6 is 0 Å². The molecule has 2 aromatic rings. The number of carbonyl (C=O) groups excluding carboxylic acids is 1. The number of hydrogen-bond donors (Lipinski definition) is 2. The molecule has 0 bridgehead atoms. The lowest BCUT2D eigenvalue weighted by Crippen LogP contribution is -2.40. The highest BCUT2D eigenvalue weighted by molar-refractivity contribution is 5.91. The highest BCUT2D eigenvalue weighted by Gasteiger charge is 2.22. The summed E-state index contributed by atoms with van der Waals surface area (Å²) < 4.78 is 5.34. The number of aliphatic hydroxyl groups is 1. The number of aliphatic hydroxyl groups excluding tert-OH is 1. The topological polar surface area (TPSA) is 65.7 Å². The van der Waals surface area contributed by atoms with Gasteiger partial charge in [-0.1, -0.05) is 30.3 Å². The molecule has 1 aliphatic heterocycles. The second-order valence-electron chi connectivity index (χ2n) is 6.79. The molecule has 0 aliphatic carbocycles. The minimum Gasteiger partial charge on any atom is -0.456 e. The number of piperidine rings is 1. The third-order valence-electron chi connectivity index (χ3n) is 4.84. The number of aryl methyl sites for hydroxylation is 1. The lowest BCUT2D eigenvalue weighted by Gasteiger charge is -2.33. The summed E-state index contributed by atoms with van der Waals surface area (Å²) >= 11 is 0. The van der Waals surface area contributed by atoms with E-state index in [1.54, 1.807) is 12.1 Å². The molecule has 1 atom stereocenters. The average molecular weight is 342 g/mol. The van der Waals surface area contributed by atoms with Crippen LogP contribution in [0.2, 0.25) is 0 Å². The number of carbonyl (C=O) groups is 1. The summed E-state index contributed by atoms with van der Waals surface area (Å²) in [5.74, 6) is 1.46. The maximum atomic E-state index is 12.0. The third kappa shape index (κ3) is 4.94. The number of nitrogens with zero attached hydrogens (tertiary/aromatic N) is 1. The fourth-order valence-corrected chi connectivity index (χ4v) is 3.28. The van der Waals surface area contributed by atoms with E-state index in [1.807, 2.05) is 37.3 Å². The number of benzene rings is 1. The van der Waals surface area contributed by atoms with E-state index >= 15 is 0 Å². The zero-order valence-electron chi connectivity index (χ0n) is 14.6. The van der Waals surface area contributed by atoms with Gasteiger partial charge in [0.05, 0.1) is 6.10 Å². The first kappa shape index (κ1) is 17.7. The summed E-state index contributed by atoms with van der Waals surface area (Å²) in [6.45, 7) is 5.06. The Bertz CT molecular complexity index is 675. The Balaban J connectivity index is 1.39. The lowest BCUT2D eigenvalue weighted by atomic mass is 9.96. The molecule has 2 N–H and O–H groups in total. The molecule has 0 radical (unpaired) electrons. The van der Waals surface area contributed by atoms with E-state index in [4.69, 9.17) is 4.42 Å². The Hall–Kier alpha value is -2.11. The summed E-state index contributed by atoms with van der Waals surface area (Å²) in [5, 5.41) is 13.3. The van der Waals surface area contributed by atoms with Crippen molar-refractivity contribution in [1.82, 2.24) is 10.2 Å². The summed E-state index contributed by atoms with van der Waals surface area (Å²) in [7, 11) is 0. The van der Waals surface area contributed by atoms with Crippen LogP contribution in [0, 0.1) is 12.8 Å². The Labute approximate surface area is 148 Å². The monoisotopic (exact) mass is 342 g/mol. The van der Waals surface area contributed by atoms with Crippen LogP contribution in [0.3, 0.4) is 0 Å². The minimum atomic E-state index is -0.445. The molecule has 5 heteroatoms. The summed E-state index contributed by atoms with van der Waals surface area (Å²) in [6, 6.07) is 13.3. The van der Waals surface area contributed by atoms with Crippen molar-refractivity contribution in [2.24, 2.45) is 5.92 Å². The van der Waals surface area contributed by atoms with Crippen LogP contribution < -0.4 is 5.32 Å². The molecule has 1 fully saturated rings. The number of amides is 1. The number of rotatable bonds is 6. The summed E-state index contributed by atoms with van der Waals surface area (Å²) in [6.07, 6.45) is 1.61. The number of nitrogens with one attached hydrogen (secondary N) is 1. The molecule has 2 heterocycles. The molecule has 1 saturated heterocycles. The van der Waals surface area contributed by atoms with Gasteiger partial charge in [-0.3, -0.25) is 4.79 Å². The quantitative estimate of drug-likeness (QED) is 0.847. The van der Waals surface area contributed by atoms with Gasteiger partial charge in [0.2, 0.25) is 0 Å². The van der Waals surface area contributed by atoms with Gasteiger partial charge in [-0.05, 0) is 56.5 Å². The second kappa shape index (κ2) is 8.32. The van der Waals surface area contributed by atoms with Gasteiger partial charge in [0.25, 0.3) is 5.91 Å². The molecular weight excluding hydrogens is 316 g/mol. The molecule has 5 nitrogen and oxygen atoms in total. The van der Waals surface area contributed by atoms with Crippen molar-refractivity contribution < 1.29 is 14.3 Å². The van der Waals surface area contributed by atoms with Crippen LogP contribution in [0.5, 0.6) is 0 Å². The van der Waals surface area contributed by atoms with E-state index in [1.165, 1.54) is 0 Å². The highest BCUT2D eigenvalue weighted by atomic mass is 16.3. The van der Waals surface area contributed by atoms with Crippen molar-refractivity contribution in [1.29, 1.82) is 0 Å². The third-order valence-corrected chi connectivity index (χ3v) is 4.84. The van der Waals surface area contributed by atoms with E-state index in [0.29, 0.717) is 24.8 Å². The molecule has 0 spiro atoms. The standard InChI is InChI=1S/C20H26N2O3/c1-15-7-8-19(25-15)20(24)21-13-16-9-11-22(12-10-16)14-18(23)17-5-3-2-4-6-17/h2-8,16,18,23H,9-14H2,1H3,(H,21,24)/t18-/m0/s1. The summed E-state index contributed by atoms with van der Waals surface area (Å²) in [5.41, 5.74) is 0.964. The van der Waals surface area contributed by atoms with Crippen LogP contribution in [0.15, 0.2) is 46.9 Å². The van der Waals surface area contributed by atoms with Gasteiger partial charge < -0.3 is 19.7 Å². The average Bonchev–Trinajstić information content (AvgIpc) is 3.08. The van der Waals surface area contributed by atoms with Gasteiger partial charge in [0, 0.05) is 13.1 Å². The van der Waals surface area contributed by atoms with Crippen LogP contribution in [-0.2, 0) is 0 Å². The molecule has 134 valence electrons. The van der Waals surface area contributed by atoms with Gasteiger partial charge in [0.1, 0.15) is 5.76 Å². The van der Waals surface area contributed by atoms with Crippen molar-refractivity contribution in [2.45, 2.75) is 25.9 Å². The minimum absolute atomic E-state index is 0.143. The second-order valence-corrected chi connectivity index (χ2v) is 6.79. The van der Waals surface area contributed by atoms with Crippen LogP contribution in [0.1, 0.15) is 40.8 Å². The molecule has 0 unspecified atom stereocenters. The van der Waals surface area contributed by atoms with E-state index in [0.717, 1.165) is 37.3 Å². The van der Waals surface area contributed by atoms with Gasteiger partial charge in [-0.2, -0.15) is 0 Å². The normalized spacial score (nSPS) is 17.4. The van der Waals surface area contributed by atoms with E-state index in [9.17, 15) is 9.90 Å². The fourth-order valence-electron chi connectivity index (χ4n) is 3.28. The number of likely N-dealkylation sites (tertiary alicyclic amines) is 1. The maximum Gasteiger partial charge on any atom is 0.287 e. The van der Waals surface area contributed by atoms with Crippen LogP contribution in [0.25, 0.3) is 0 Å². The first-order valence-corrected chi connectivity index (χ1v) is 8.92. The zero-order valence-corrected chi connectivity index (χ0v) is 14.6. The van der Waals surface area contributed by atoms with Crippen molar-refractivity contribution in [3.8, 4) is 0 Å². The van der Waals surface area contributed by atoms with E-state index in [2.05, 4.69) is 10.2 Å². The molecule has 1 aromatic carbocycles. The lowest BCUT2D eigenvalue weighted by molar-refractivity contribution is 0.0840. The summed E-state index contributed by atoms with van der Waals surface area (Å²) in [4.78, 5) is 14.3. The van der Waals surface area contributed by atoms with Crippen LogP contribution in [-0.4, -0.2) is 42.1 Å². The Kier molecular flexibility index (Phi) is 5.89. The molecule has 25 heavy (non-hydrogen) atoms. The van der Waals surface area contributed by atoms with Gasteiger partial charge in [-0.15, -0.1) is 0 Å². The molecule has 3 rings (SSSR count). The molecular formula is C20H26N2O3. The molecule has 1 aromatic heterocycles. The molecule has 0 saturated carbocycles. The van der Waals surface area contributed by atoms with Gasteiger partial charge >= 0.3 is 0 Å². The number of furan rings is 1. The predicted molar refractivity (Wildman–Crippen MR) is 96.3 cm³/mol. The number of hydrogen-bond acceptors (Lipinski definition) is 4. The van der Waals surface area contributed by atoms with Gasteiger partial charge in [0.15, 0.2) is 5.76 Å².